The molecule has 0 saturated heterocycles. The molecule has 1 N–H and O–H groups in total. The molecule has 1 rings (SSSR count). The maximum absolute atomic E-state index is 11.7. The molecule has 0 radical (unpaired) electrons. The predicted octanol–water partition coefficient (Wildman–Crippen LogP) is 2.94. The zero-order valence-electron chi connectivity index (χ0n) is 13.1. The van der Waals surface area contributed by atoms with Gasteiger partial charge in [0.05, 0.1) is 14.2 Å². The molecule has 1 amide bonds. The van der Waals surface area contributed by atoms with Crippen LogP contribution in [-0.2, 0) is 11.2 Å². The number of benzene rings is 1. The molecule has 1 aromatic rings. The Labute approximate surface area is 121 Å². The second-order valence-corrected chi connectivity index (χ2v) is 5.84. The Morgan fingerprint density at radius 3 is 2.35 bits per heavy atom. The van der Waals surface area contributed by atoms with Crippen LogP contribution in [-0.4, -0.2) is 25.7 Å². The van der Waals surface area contributed by atoms with Gasteiger partial charge in [0.15, 0.2) is 11.5 Å². The lowest BCUT2D eigenvalue weighted by atomic mass is 10.1. The van der Waals surface area contributed by atoms with Crippen LogP contribution in [0.3, 0.4) is 0 Å². The van der Waals surface area contributed by atoms with Gasteiger partial charge in [-0.05, 0) is 51.3 Å². The Bertz CT molecular complexity index is 450. The van der Waals surface area contributed by atoms with Crippen LogP contribution >= 0.6 is 0 Å². The highest BCUT2D eigenvalue weighted by atomic mass is 16.5. The molecule has 0 atom stereocenters. The summed E-state index contributed by atoms with van der Waals surface area (Å²) in [7, 11) is 3.24. The standard InChI is InChI=1S/C16H25NO3/c1-16(2,3)17-15(18)8-6-7-12-9-10-13(19-4)14(11-12)20-5/h9-11H,6-8H2,1-5H3,(H,17,18). The number of amides is 1. The van der Waals surface area contributed by atoms with Gasteiger partial charge in [-0.15, -0.1) is 0 Å². The molecule has 0 heterocycles. The van der Waals surface area contributed by atoms with E-state index >= 15 is 0 Å². The minimum Gasteiger partial charge on any atom is -0.493 e. The lowest BCUT2D eigenvalue weighted by molar-refractivity contribution is -0.122. The van der Waals surface area contributed by atoms with Gasteiger partial charge in [-0.1, -0.05) is 6.07 Å². The summed E-state index contributed by atoms with van der Waals surface area (Å²) in [6.45, 7) is 5.96. The van der Waals surface area contributed by atoms with Gasteiger partial charge < -0.3 is 14.8 Å². The van der Waals surface area contributed by atoms with Crippen molar-refractivity contribution in [2.45, 2.75) is 45.6 Å². The minimum absolute atomic E-state index is 0.0953. The third-order valence-electron chi connectivity index (χ3n) is 2.83. The molecule has 0 aliphatic rings. The van der Waals surface area contributed by atoms with Crippen LogP contribution in [0.5, 0.6) is 11.5 Å². The normalized spacial score (nSPS) is 11.1. The Morgan fingerprint density at radius 1 is 1.15 bits per heavy atom. The molecular weight excluding hydrogens is 254 g/mol. The van der Waals surface area contributed by atoms with Crippen LogP contribution in [0, 0.1) is 0 Å². The highest BCUT2D eigenvalue weighted by Gasteiger charge is 2.13. The molecule has 0 bridgehead atoms. The average Bonchev–Trinajstić information content (AvgIpc) is 2.36. The fourth-order valence-corrected chi connectivity index (χ4v) is 1.97. The van der Waals surface area contributed by atoms with Crippen LogP contribution < -0.4 is 14.8 Å². The fourth-order valence-electron chi connectivity index (χ4n) is 1.97. The van der Waals surface area contributed by atoms with E-state index in [1.807, 2.05) is 39.0 Å². The molecule has 20 heavy (non-hydrogen) atoms. The third kappa shape index (κ3) is 5.51. The van der Waals surface area contributed by atoms with Crippen LogP contribution in [0.15, 0.2) is 18.2 Å². The van der Waals surface area contributed by atoms with Crippen molar-refractivity contribution in [1.82, 2.24) is 5.32 Å². The molecule has 0 fully saturated rings. The first-order chi connectivity index (χ1) is 9.35. The number of nitrogens with one attached hydrogen (secondary N) is 1. The second-order valence-electron chi connectivity index (χ2n) is 5.84. The highest BCUT2D eigenvalue weighted by Crippen LogP contribution is 2.28. The number of hydrogen-bond acceptors (Lipinski definition) is 3. The smallest absolute Gasteiger partial charge is 0.220 e. The Balaban J connectivity index is 2.48. The van der Waals surface area contributed by atoms with Gasteiger partial charge in [0.1, 0.15) is 0 Å². The van der Waals surface area contributed by atoms with Gasteiger partial charge in [-0.2, -0.15) is 0 Å². The summed E-state index contributed by atoms with van der Waals surface area (Å²) >= 11 is 0. The molecule has 0 spiro atoms. The van der Waals surface area contributed by atoms with E-state index in [4.69, 9.17) is 9.47 Å². The van der Waals surface area contributed by atoms with Gasteiger partial charge in [0.2, 0.25) is 5.91 Å². The van der Waals surface area contributed by atoms with Crippen LogP contribution in [0.4, 0.5) is 0 Å². The Morgan fingerprint density at radius 2 is 1.80 bits per heavy atom. The number of carbonyl (C=O) groups is 1. The lowest BCUT2D eigenvalue weighted by Gasteiger charge is -2.20. The summed E-state index contributed by atoms with van der Waals surface area (Å²) in [5, 5.41) is 2.96. The molecule has 0 unspecified atom stereocenters. The lowest BCUT2D eigenvalue weighted by Crippen LogP contribution is -2.40. The minimum atomic E-state index is -0.166. The maximum atomic E-state index is 11.7. The van der Waals surface area contributed by atoms with Crippen LogP contribution in [0.2, 0.25) is 0 Å². The van der Waals surface area contributed by atoms with Gasteiger partial charge in [0.25, 0.3) is 0 Å². The van der Waals surface area contributed by atoms with Gasteiger partial charge >= 0.3 is 0 Å². The average molecular weight is 279 g/mol. The van der Waals surface area contributed by atoms with E-state index < -0.39 is 0 Å². The van der Waals surface area contributed by atoms with Crippen LogP contribution in [0.1, 0.15) is 39.2 Å². The molecule has 0 saturated carbocycles. The van der Waals surface area contributed by atoms with Crippen molar-refractivity contribution in [3.05, 3.63) is 23.8 Å². The highest BCUT2D eigenvalue weighted by molar-refractivity contribution is 5.76. The molecular formula is C16H25NO3. The predicted molar refractivity (Wildman–Crippen MR) is 80.4 cm³/mol. The first-order valence-corrected chi connectivity index (χ1v) is 6.87. The van der Waals surface area contributed by atoms with Crippen molar-refractivity contribution in [1.29, 1.82) is 0 Å². The number of methoxy groups -OCH3 is 2. The number of ether oxygens (including phenoxy) is 2. The molecule has 4 heteroatoms. The van der Waals surface area contributed by atoms with E-state index in [-0.39, 0.29) is 11.4 Å². The summed E-state index contributed by atoms with van der Waals surface area (Å²) in [5.74, 6) is 1.55. The molecule has 4 nitrogen and oxygen atoms in total. The quantitative estimate of drug-likeness (QED) is 0.871. The zero-order chi connectivity index (χ0) is 15.2. The van der Waals surface area contributed by atoms with Crippen molar-refractivity contribution in [3.63, 3.8) is 0 Å². The number of carbonyl (C=O) groups excluding carboxylic acids is 1. The van der Waals surface area contributed by atoms with E-state index in [0.29, 0.717) is 6.42 Å². The molecule has 0 aliphatic heterocycles. The number of aryl methyl sites for hydroxylation is 1. The van der Waals surface area contributed by atoms with Crippen molar-refractivity contribution in [2.24, 2.45) is 0 Å². The largest absolute Gasteiger partial charge is 0.493 e. The summed E-state index contributed by atoms with van der Waals surface area (Å²) < 4.78 is 10.5. The van der Waals surface area contributed by atoms with E-state index in [1.165, 1.54) is 0 Å². The summed E-state index contributed by atoms with van der Waals surface area (Å²) in [4.78, 5) is 11.7. The van der Waals surface area contributed by atoms with E-state index in [9.17, 15) is 4.79 Å². The first kappa shape index (κ1) is 16.3. The van der Waals surface area contributed by atoms with E-state index in [1.54, 1.807) is 14.2 Å². The monoisotopic (exact) mass is 279 g/mol. The first-order valence-electron chi connectivity index (χ1n) is 6.87. The van der Waals surface area contributed by atoms with Crippen molar-refractivity contribution >= 4 is 5.91 Å². The summed E-state index contributed by atoms with van der Waals surface area (Å²) in [5.41, 5.74) is 0.978. The SMILES string of the molecule is COc1ccc(CCCC(=O)NC(C)(C)C)cc1OC. The van der Waals surface area contributed by atoms with E-state index in [2.05, 4.69) is 5.32 Å². The summed E-state index contributed by atoms with van der Waals surface area (Å²) in [6.07, 6.45) is 2.20. The fraction of sp³-hybridized carbons (Fsp3) is 0.562. The van der Waals surface area contributed by atoms with Gasteiger partial charge in [-0.3, -0.25) is 4.79 Å². The van der Waals surface area contributed by atoms with Gasteiger partial charge in [-0.25, -0.2) is 0 Å². The van der Waals surface area contributed by atoms with Crippen molar-refractivity contribution < 1.29 is 14.3 Å². The Hall–Kier alpha value is -1.71. The topological polar surface area (TPSA) is 47.6 Å². The number of hydrogen-bond donors (Lipinski definition) is 1. The molecule has 0 aliphatic carbocycles. The van der Waals surface area contributed by atoms with Gasteiger partial charge in [0, 0.05) is 12.0 Å². The Kier molecular flexibility index (Phi) is 5.86. The zero-order valence-corrected chi connectivity index (χ0v) is 13.1. The van der Waals surface area contributed by atoms with Crippen molar-refractivity contribution in [3.8, 4) is 11.5 Å². The second kappa shape index (κ2) is 7.17. The maximum Gasteiger partial charge on any atom is 0.220 e. The number of rotatable bonds is 6. The summed E-state index contributed by atoms with van der Waals surface area (Å²) in [6, 6.07) is 5.85. The van der Waals surface area contributed by atoms with E-state index in [0.717, 1.165) is 29.9 Å². The third-order valence-corrected chi connectivity index (χ3v) is 2.83. The molecule has 1 aromatic carbocycles. The molecule has 112 valence electrons. The van der Waals surface area contributed by atoms with Crippen molar-refractivity contribution in [2.75, 3.05) is 14.2 Å². The molecule has 0 aromatic heterocycles. The van der Waals surface area contributed by atoms with Crippen LogP contribution in [0.25, 0.3) is 0 Å².